The van der Waals surface area contributed by atoms with Gasteiger partial charge in [0.1, 0.15) is 5.75 Å². The Morgan fingerprint density at radius 3 is 2.74 bits per heavy atom. The fourth-order valence-corrected chi connectivity index (χ4v) is 2.63. The molecule has 1 aliphatic heterocycles. The SMILES string of the molecule is CNCc1ccccc1OCCCN1CCCCC1. The van der Waals surface area contributed by atoms with Gasteiger partial charge in [0.15, 0.2) is 0 Å². The lowest BCUT2D eigenvalue weighted by atomic mass is 10.1. The fourth-order valence-electron chi connectivity index (χ4n) is 2.63. The molecule has 0 bridgehead atoms. The Hall–Kier alpha value is -1.06. The third kappa shape index (κ3) is 4.84. The molecule has 0 saturated carbocycles. The second-order valence-electron chi connectivity index (χ2n) is 5.24. The van der Waals surface area contributed by atoms with Gasteiger partial charge in [-0.1, -0.05) is 24.6 Å². The van der Waals surface area contributed by atoms with Gasteiger partial charge in [0, 0.05) is 18.7 Å². The molecule has 1 N–H and O–H groups in total. The van der Waals surface area contributed by atoms with Crippen LogP contribution in [0.4, 0.5) is 0 Å². The number of hydrogen-bond acceptors (Lipinski definition) is 3. The number of rotatable bonds is 7. The maximum atomic E-state index is 5.91. The van der Waals surface area contributed by atoms with Gasteiger partial charge in [-0.05, 0) is 45.5 Å². The highest BCUT2D eigenvalue weighted by Gasteiger charge is 2.09. The standard InChI is InChI=1S/C16H26N2O/c1-17-14-15-8-3-4-9-16(15)19-13-7-12-18-10-5-2-6-11-18/h3-4,8-9,17H,2,5-7,10-14H2,1H3. The molecule has 1 heterocycles. The van der Waals surface area contributed by atoms with Gasteiger partial charge in [0.25, 0.3) is 0 Å². The lowest BCUT2D eigenvalue weighted by Gasteiger charge is -2.26. The normalized spacial score (nSPS) is 16.5. The molecule has 1 fully saturated rings. The van der Waals surface area contributed by atoms with E-state index in [0.717, 1.165) is 25.3 Å². The van der Waals surface area contributed by atoms with E-state index in [0.29, 0.717) is 0 Å². The summed E-state index contributed by atoms with van der Waals surface area (Å²) in [7, 11) is 1.97. The minimum Gasteiger partial charge on any atom is -0.493 e. The maximum absolute atomic E-state index is 5.91. The van der Waals surface area contributed by atoms with Gasteiger partial charge in [-0.15, -0.1) is 0 Å². The summed E-state index contributed by atoms with van der Waals surface area (Å²) in [6, 6.07) is 8.29. The second-order valence-corrected chi connectivity index (χ2v) is 5.24. The second kappa shape index (κ2) is 8.18. The highest BCUT2D eigenvalue weighted by atomic mass is 16.5. The molecule has 19 heavy (non-hydrogen) atoms. The van der Waals surface area contributed by atoms with Crippen molar-refractivity contribution >= 4 is 0 Å². The molecule has 1 aromatic rings. The zero-order valence-electron chi connectivity index (χ0n) is 12.0. The first kappa shape index (κ1) is 14.4. The predicted molar refractivity (Wildman–Crippen MR) is 79.6 cm³/mol. The molecule has 0 aliphatic carbocycles. The topological polar surface area (TPSA) is 24.5 Å². The van der Waals surface area contributed by atoms with E-state index < -0.39 is 0 Å². The van der Waals surface area contributed by atoms with Gasteiger partial charge in [-0.2, -0.15) is 0 Å². The number of nitrogens with zero attached hydrogens (tertiary/aromatic N) is 1. The molecule has 2 rings (SSSR count). The summed E-state index contributed by atoms with van der Waals surface area (Å²) < 4.78 is 5.91. The number of likely N-dealkylation sites (tertiary alicyclic amines) is 1. The van der Waals surface area contributed by atoms with Crippen LogP contribution in [0.1, 0.15) is 31.2 Å². The van der Waals surface area contributed by atoms with Gasteiger partial charge >= 0.3 is 0 Å². The van der Waals surface area contributed by atoms with E-state index in [1.807, 2.05) is 13.1 Å². The molecule has 0 radical (unpaired) electrons. The van der Waals surface area contributed by atoms with Crippen LogP contribution in [0.15, 0.2) is 24.3 Å². The number of ether oxygens (including phenoxy) is 1. The summed E-state index contributed by atoms with van der Waals surface area (Å²) in [6.07, 6.45) is 5.26. The van der Waals surface area contributed by atoms with Crippen molar-refractivity contribution < 1.29 is 4.74 Å². The first-order valence-corrected chi connectivity index (χ1v) is 7.48. The fraction of sp³-hybridized carbons (Fsp3) is 0.625. The number of para-hydroxylation sites is 1. The number of piperidine rings is 1. The summed E-state index contributed by atoms with van der Waals surface area (Å²) in [6.45, 7) is 5.40. The largest absolute Gasteiger partial charge is 0.493 e. The van der Waals surface area contributed by atoms with E-state index in [2.05, 4.69) is 28.4 Å². The number of hydrogen-bond donors (Lipinski definition) is 1. The zero-order valence-corrected chi connectivity index (χ0v) is 12.0. The Morgan fingerprint density at radius 2 is 1.95 bits per heavy atom. The Morgan fingerprint density at radius 1 is 1.16 bits per heavy atom. The first-order valence-electron chi connectivity index (χ1n) is 7.48. The summed E-state index contributed by atoms with van der Waals surface area (Å²) in [5.74, 6) is 1.02. The van der Waals surface area contributed by atoms with Crippen LogP contribution >= 0.6 is 0 Å². The van der Waals surface area contributed by atoms with E-state index >= 15 is 0 Å². The molecule has 1 saturated heterocycles. The van der Waals surface area contributed by atoms with E-state index in [1.165, 1.54) is 44.5 Å². The molecular weight excluding hydrogens is 236 g/mol. The van der Waals surface area contributed by atoms with Crippen LogP contribution in [0.3, 0.4) is 0 Å². The lowest BCUT2D eigenvalue weighted by Crippen LogP contribution is -2.31. The molecule has 3 nitrogen and oxygen atoms in total. The van der Waals surface area contributed by atoms with Crippen molar-refractivity contribution in [1.29, 1.82) is 0 Å². The summed E-state index contributed by atoms with van der Waals surface area (Å²) in [4.78, 5) is 2.56. The molecule has 0 aromatic heterocycles. The average Bonchev–Trinajstić information content (AvgIpc) is 2.47. The van der Waals surface area contributed by atoms with E-state index in [4.69, 9.17) is 4.74 Å². The van der Waals surface area contributed by atoms with E-state index in [-0.39, 0.29) is 0 Å². The van der Waals surface area contributed by atoms with Gasteiger partial charge in [0.2, 0.25) is 0 Å². The molecule has 0 spiro atoms. The molecule has 0 amide bonds. The number of benzene rings is 1. The van der Waals surface area contributed by atoms with Crippen LogP contribution in [0.2, 0.25) is 0 Å². The minimum atomic E-state index is 0.817. The molecule has 1 aliphatic rings. The van der Waals surface area contributed by atoms with Crippen LogP contribution in [-0.4, -0.2) is 38.2 Å². The predicted octanol–water partition coefficient (Wildman–Crippen LogP) is 2.66. The first-order chi connectivity index (χ1) is 9.40. The lowest BCUT2D eigenvalue weighted by molar-refractivity contribution is 0.204. The zero-order chi connectivity index (χ0) is 13.3. The molecule has 3 heteroatoms. The van der Waals surface area contributed by atoms with Gasteiger partial charge < -0.3 is 15.0 Å². The quantitative estimate of drug-likeness (QED) is 0.765. The van der Waals surface area contributed by atoms with Crippen LogP contribution in [0.5, 0.6) is 5.75 Å². The van der Waals surface area contributed by atoms with E-state index in [9.17, 15) is 0 Å². The Kier molecular flexibility index (Phi) is 6.18. The van der Waals surface area contributed by atoms with E-state index in [1.54, 1.807) is 0 Å². The van der Waals surface area contributed by atoms with Crippen molar-refractivity contribution in [3.8, 4) is 5.75 Å². The van der Waals surface area contributed by atoms with Crippen LogP contribution in [-0.2, 0) is 6.54 Å². The smallest absolute Gasteiger partial charge is 0.123 e. The van der Waals surface area contributed by atoms with Gasteiger partial charge in [-0.3, -0.25) is 0 Å². The van der Waals surface area contributed by atoms with Crippen molar-refractivity contribution in [2.24, 2.45) is 0 Å². The van der Waals surface area contributed by atoms with Crippen LogP contribution < -0.4 is 10.1 Å². The monoisotopic (exact) mass is 262 g/mol. The maximum Gasteiger partial charge on any atom is 0.123 e. The highest BCUT2D eigenvalue weighted by molar-refractivity contribution is 5.33. The molecule has 0 atom stereocenters. The van der Waals surface area contributed by atoms with Crippen LogP contribution in [0, 0.1) is 0 Å². The highest BCUT2D eigenvalue weighted by Crippen LogP contribution is 2.18. The summed E-state index contributed by atoms with van der Waals surface area (Å²) >= 11 is 0. The third-order valence-electron chi connectivity index (χ3n) is 3.66. The summed E-state index contributed by atoms with van der Waals surface area (Å²) in [5, 5.41) is 3.18. The molecular formula is C16H26N2O. The van der Waals surface area contributed by atoms with Crippen LogP contribution in [0.25, 0.3) is 0 Å². The van der Waals surface area contributed by atoms with Crippen molar-refractivity contribution in [3.63, 3.8) is 0 Å². The van der Waals surface area contributed by atoms with Crippen molar-refractivity contribution in [2.75, 3.05) is 33.3 Å². The molecule has 0 unspecified atom stereocenters. The Bertz CT molecular complexity index is 362. The van der Waals surface area contributed by atoms with Crippen molar-refractivity contribution in [1.82, 2.24) is 10.2 Å². The minimum absolute atomic E-state index is 0.817. The third-order valence-corrected chi connectivity index (χ3v) is 3.66. The van der Waals surface area contributed by atoms with Gasteiger partial charge in [-0.25, -0.2) is 0 Å². The van der Waals surface area contributed by atoms with Crippen molar-refractivity contribution in [3.05, 3.63) is 29.8 Å². The summed E-state index contributed by atoms with van der Waals surface area (Å²) in [5.41, 5.74) is 1.24. The van der Waals surface area contributed by atoms with Gasteiger partial charge in [0.05, 0.1) is 6.61 Å². The Balaban J connectivity index is 1.70. The number of nitrogens with one attached hydrogen (secondary N) is 1. The molecule has 106 valence electrons. The Labute approximate surface area is 116 Å². The van der Waals surface area contributed by atoms with Crippen molar-refractivity contribution in [2.45, 2.75) is 32.2 Å². The average molecular weight is 262 g/mol. The molecule has 1 aromatic carbocycles.